The predicted octanol–water partition coefficient (Wildman–Crippen LogP) is 2.07. The number of halogens is 3. The number of anilines is 1. The van der Waals surface area contributed by atoms with Crippen molar-refractivity contribution in [3.05, 3.63) is 5.01 Å². The van der Waals surface area contributed by atoms with Crippen LogP contribution in [0.3, 0.4) is 0 Å². The number of hydrogen-bond acceptors (Lipinski definition) is 6. The SMILES string of the molecule is CS[C@H]1CN(C(=O)Nc2nnc(C(F)(F)F)s2)C[C@H]1N(C)C. The number of nitrogens with one attached hydrogen (secondary N) is 1. The van der Waals surface area contributed by atoms with Crippen molar-refractivity contribution >= 4 is 34.3 Å². The van der Waals surface area contributed by atoms with Gasteiger partial charge in [0.1, 0.15) is 0 Å². The highest BCUT2D eigenvalue weighted by Crippen LogP contribution is 2.33. The first-order chi connectivity index (χ1) is 10.2. The van der Waals surface area contributed by atoms with E-state index in [9.17, 15) is 18.0 Å². The average Bonchev–Trinajstić information content (AvgIpc) is 3.03. The monoisotopic (exact) mass is 355 g/mol. The van der Waals surface area contributed by atoms with Gasteiger partial charge in [0, 0.05) is 24.4 Å². The zero-order valence-electron chi connectivity index (χ0n) is 12.2. The first-order valence-corrected chi connectivity index (χ1v) is 8.48. The van der Waals surface area contributed by atoms with Gasteiger partial charge in [0.25, 0.3) is 0 Å². The molecule has 0 bridgehead atoms. The van der Waals surface area contributed by atoms with E-state index in [2.05, 4.69) is 15.5 Å². The van der Waals surface area contributed by atoms with Gasteiger partial charge < -0.3 is 9.80 Å². The lowest BCUT2D eigenvalue weighted by atomic mass is 10.2. The lowest BCUT2D eigenvalue weighted by molar-refractivity contribution is -0.138. The topological polar surface area (TPSA) is 61.4 Å². The summed E-state index contributed by atoms with van der Waals surface area (Å²) >= 11 is 1.99. The molecule has 1 aromatic heterocycles. The largest absolute Gasteiger partial charge is 0.445 e. The molecule has 124 valence electrons. The Balaban J connectivity index is 2.00. The van der Waals surface area contributed by atoms with Gasteiger partial charge in [-0.25, -0.2) is 4.79 Å². The molecule has 0 unspecified atom stereocenters. The number of likely N-dealkylation sites (tertiary alicyclic amines) is 1. The molecule has 6 nitrogen and oxygen atoms in total. The Bertz CT molecular complexity index is 536. The van der Waals surface area contributed by atoms with Crippen LogP contribution in [0, 0.1) is 0 Å². The third kappa shape index (κ3) is 3.82. The van der Waals surface area contributed by atoms with Gasteiger partial charge in [0.15, 0.2) is 0 Å². The molecule has 0 aliphatic carbocycles. The Morgan fingerprint density at radius 2 is 2.09 bits per heavy atom. The first-order valence-electron chi connectivity index (χ1n) is 6.38. The van der Waals surface area contributed by atoms with Crippen LogP contribution in [-0.4, -0.2) is 70.8 Å². The Hall–Kier alpha value is -1.07. The molecule has 22 heavy (non-hydrogen) atoms. The van der Waals surface area contributed by atoms with Crippen LogP contribution < -0.4 is 5.32 Å². The maximum absolute atomic E-state index is 12.5. The molecule has 0 saturated carbocycles. The van der Waals surface area contributed by atoms with Gasteiger partial charge in [-0.2, -0.15) is 24.9 Å². The number of urea groups is 1. The van der Waals surface area contributed by atoms with Gasteiger partial charge in [-0.3, -0.25) is 5.32 Å². The van der Waals surface area contributed by atoms with Crippen molar-refractivity contribution in [2.75, 3.05) is 38.8 Å². The molecule has 1 saturated heterocycles. The Morgan fingerprint density at radius 3 is 2.55 bits per heavy atom. The van der Waals surface area contributed by atoms with E-state index in [0.29, 0.717) is 24.4 Å². The Labute approximate surface area is 134 Å². The molecule has 2 heterocycles. The number of amides is 2. The second-order valence-corrected chi connectivity index (χ2v) is 7.10. The van der Waals surface area contributed by atoms with Crippen molar-refractivity contribution < 1.29 is 18.0 Å². The van der Waals surface area contributed by atoms with Crippen molar-refractivity contribution in [1.29, 1.82) is 0 Å². The van der Waals surface area contributed by atoms with Crippen LogP contribution in [0.25, 0.3) is 0 Å². The summed E-state index contributed by atoms with van der Waals surface area (Å²) in [7, 11) is 3.88. The van der Waals surface area contributed by atoms with Crippen molar-refractivity contribution in [3.8, 4) is 0 Å². The second kappa shape index (κ2) is 6.59. The van der Waals surface area contributed by atoms with Crippen LogP contribution >= 0.6 is 23.1 Å². The van der Waals surface area contributed by atoms with Crippen LogP contribution in [0.15, 0.2) is 0 Å². The number of thioether (sulfide) groups is 1. The van der Waals surface area contributed by atoms with Gasteiger partial charge >= 0.3 is 12.2 Å². The van der Waals surface area contributed by atoms with Crippen LogP contribution in [0.1, 0.15) is 5.01 Å². The van der Waals surface area contributed by atoms with Crippen LogP contribution in [0.2, 0.25) is 0 Å². The van der Waals surface area contributed by atoms with E-state index < -0.39 is 17.2 Å². The first kappa shape index (κ1) is 17.3. The van der Waals surface area contributed by atoms with E-state index in [1.54, 1.807) is 16.7 Å². The molecule has 0 radical (unpaired) electrons. The molecular weight excluding hydrogens is 339 g/mol. The van der Waals surface area contributed by atoms with Gasteiger partial charge in [-0.1, -0.05) is 11.3 Å². The minimum atomic E-state index is -4.55. The van der Waals surface area contributed by atoms with E-state index in [-0.39, 0.29) is 16.4 Å². The van der Waals surface area contributed by atoms with Crippen molar-refractivity contribution in [3.63, 3.8) is 0 Å². The fourth-order valence-electron chi connectivity index (χ4n) is 2.21. The van der Waals surface area contributed by atoms with E-state index >= 15 is 0 Å². The number of aromatic nitrogens is 2. The summed E-state index contributed by atoms with van der Waals surface area (Å²) in [4.78, 5) is 15.8. The molecule has 1 fully saturated rings. The smallest absolute Gasteiger partial charge is 0.322 e. The number of rotatable bonds is 3. The van der Waals surface area contributed by atoms with Crippen LogP contribution in [-0.2, 0) is 6.18 Å². The lowest BCUT2D eigenvalue weighted by Gasteiger charge is -2.23. The Morgan fingerprint density at radius 1 is 1.41 bits per heavy atom. The molecule has 1 aliphatic heterocycles. The zero-order valence-corrected chi connectivity index (χ0v) is 13.8. The predicted molar refractivity (Wildman–Crippen MR) is 80.3 cm³/mol. The fraction of sp³-hybridized carbons (Fsp3) is 0.727. The van der Waals surface area contributed by atoms with E-state index in [0.717, 1.165) is 0 Å². The molecule has 11 heteroatoms. The highest BCUT2D eigenvalue weighted by molar-refractivity contribution is 7.99. The number of hydrogen-bond donors (Lipinski definition) is 1. The Kier molecular flexibility index (Phi) is 5.17. The molecule has 2 rings (SSSR count). The third-order valence-electron chi connectivity index (χ3n) is 3.37. The summed E-state index contributed by atoms with van der Waals surface area (Å²) in [6.07, 6.45) is -2.57. The molecule has 1 aromatic rings. The maximum atomic E-state index is 12.5. The van der Waals surface area contributed by atoms with Crippen LogP contribution in [0.5, 0.6) is 0 Å². The summed E-state index contributed by atoms with van der Waals surface area (Å²) < 4.78 is 37.4. The van der Waals surface area contributed by atoms with Crippen molar-refractivity contribution in [1.82, 2.24) is 20.0 Å². The number of carbonyl (C=O) groups is 1. The number of nitrogens with zero attached hydrogens (tertiary/aromatic N) is 4. The number of alkyl halides is 3. The van der Waals surface area contributed by atoms with Gasteiger partial charge in [0.05, 0.1) is 0 Å². The highest BCUT2D eigenvalue weighted by atomic mass is 32.2. The summed E-state index contributed by atoms with van der Waals surface area (Å²) in [5, 5.41) is 7.83. The number of carbonyl (C=O) groups excluding carboxylic acids is 1. The quantitative estimate of drug-likeness (QED) is 0.899. The minimum Gasteiger partial charge on any atom is -0.322 e. The lowest BCUT2D eigenvalue weighted by Crippen LogP contribution is -2.38. The van der Waals surface area contributed by atoms with Crippen molar-refractivity contribution in [2.45, 2.75) is 17.5 Å². The van der Waals surface area contributed by atoms with E-state index in [4.69, 9.17) is 0 Å². The summed E-state index contributed by atoms with van der Waals surface area (Å²) in [5.74, 6) is 0. The maximum Gasteiger partial charge on any atom is 0.445 e. The second-order valence-electron chi connectivity index (χ2n) is 5.05. The summed E-state index contributed by atoms with van der Waals surface area (Å²) in [6.45, 7) is 1.07. The molecule has 0 spiro atoms. The number of likely N-dealkylation sites (N-methyl/N-ethyl adjacent to an activating group) is 1. The fourth-order valence-corrected chi connectivity index (χ4v) is 3.78. The third-order valence-corrected chi connectivity index (χ3v) is 5.32. The van der Waals surface area contributed by atoms with Crippen molar-refractivity contribution in [2.24, 2.45) is 0 Å². The molecule has 1 aliphatic rings. The molecule has 0 aromatic carbocycles. The average molecular weight is 355 g/mol. The standard InChI is InChI=1S/C11H16F3N5OS2/c1-18(2)6-4-19(5-7(6)21-3)10(20)15-9-17-16-8(22-9)11(12,13)14/h6-7H,4-5H2,1-3H3,(H,15,17,20)/t6-,7+/m1/s1. The summed E-state index contributed by atoms with van der Waals surface area (Å²) in [5.41, 5.74) is 0. The molecular formula is C11H16F3N5OS2. The normalized spacial score (nSPS) is 22.4. The molecule has 2 amide bonds. The van der Waals surface area contributed by atoms with Gasteiger partial charge in [-0.05, 0) is 20.4 Å². The van der Waals surface area contributed by atoms with Gasteiger partial charge in [-0.15, -0.1) is 10.2 Å². The molecule has 2 atom stereocenters. The molecule has 1 N–H and O–H groups in total. The minimum absolute atomic E-state index is 0.147. The summed E-state index contributed by atoms with van der Waals surface area (Å²) in [6, 6.07) is -0.241. The van der Waals surface area contributed by atoms with E-state index in [1.807, 2.05) is 25.3 Å². The van der Waals surface area contributed by atoms with Crippen LogP contribution in [0.4, 0.5) is 23.1 Å². The van der Waals surface area contributed by atoms with Gasteiger partial charge in [0.2, 0.25) is 10.1 Å². The van der Waals surface area contributed by atoms with E-state index in [1.165, 1.54) is 0 Å². The highest BCUT2D eigenvalue weighted by Gasteiger charge is 2.38. The zero-order chi connectivity index (χ0) is 16.5.